The lowest BCUT2D eigenvalue weighted by Gasteiger charge is -2.04. The van der Waals surface area contributed by atoms with Crippen molar-refractivity contribution < 1.29 is 4.79 Å². The Bertz CT molecular complexity index is 548. The first-order chi connectivity index (χ1) is 8.06. The highest BCUT2D eigenvalue weighted by Gasteiger charge is 2.07. The van der Waals surface area contributed by atoms with Gasteiger partial charge in [-0.3, -0.25) is 4.79 Å². The highest BCUT2D eigenvalue weighted by Crippen LogP contribution is 2.11. The minimum absolute atomic E-state index is 0.0125. The predicted octanol–water partition coefficient (Wildman–Crippen LogP) is 2.26. The molecule has 0 saturated carbocycles. The van der Waals surface area contributed by atoms with Gasteiger partial charge in [-0.15, -0.1) is 0 Å². The summed E-state index contributed by atoms with van der Waals surface area (Å²) in [6.45, 7) is 4.16. The van der Waals surface area contributed by atoms with E-state index in [1.54, 1.807) is 12.3 Å². The van der Waals surface area contributed by atoms with Gasteiger partial charge < -0.3 is 9.72 Å². The third-order valence-electron chi connectivity index (χ3n) is 2.43. The van der Waals surface area contributed by atoms with Crippen LogP contribution in [0.1, 0.15) is 19.5 Å². The van der Waals surface area contributed by atoms with E-state index < -0.39 is 0 Å². The molecule has 0 spiro atoms. The van der Waals surface area contributed by atoms with Gasteiger partial charge >= 0.3 is 0 Å². The average molecular weight is 252 g/mol. The molecule has 17 heavy (non-hydrogen) atoms. The zero-order chi connectivity index (χ0) is 12.4. The zero-order valence-electron chi connectivity index (χ0n) is 9.77. The first-order valence-corrected chi connectivity index (χ1v) is 5.85. The largest absolute Gasteiger partial charge is 0.350 e. The number of fused-ring (bicyclic) bond motifs is 1. The molecule has 0 saturated heterocycles. The number of nitrogens with zero attached hydrogens (tertiary/aromatic N) is 2. The maximum atomic E-state index is 11.4. The molecule has 0 atom stereocenters. The van der Waals surface area contributed by atoms with E-state index >= 15 is 0 Å². The normalized spacial score (nSPS) is 11.1. The first kappa shape index (κ1) is 11.9. The number of rotatable bonds is 3. The maximum Gasteiger partial charge on any atom is 0.222 e. The molecule has 0 aliphatic rings. The van der Waals surface area contributed by atoms with Crippen molar-refractivity contribution in [3.63, 3.8) is 0 Å². The lowest BCUT2D eigenvalue weighted by atomic mass is 10.2. The van der Waals surface area contributed by atoms with Crippen molar-refractivity contribution >= 4 is 23.2 Å². The second-order valence-electron chi connectivity index (χ2n) is 4.22. The number of aromatic nitrogens is 2. The van der Waals surface area contributed by atoms with Crippen LogP contribution >= 0.6 is 11.6 Å². The molecule has 0 unspecified atom stereocenters. The monoisotopic (exact) mass is 251 g/mol. The van der Waals surface area contributed by atoms with Crippen molar-refractivity contribution in [3.05, 3.63) is 35.2 Å². The first-order valence-electron chi connectivity index (χ1n) is 5.47. The molecule has 2 heterocycles. The number of carbonyl (C=O) groups is 1. The number of halogens is 1. The number of imidazole rings is 1. The van der Waals surface area contributed by atoms with Gasteiger partial charge in [0.1, 0.15) is 5.65 Å². The Morgan fingerprint density at radius 2 is 2.24 bits per heavy atom. The summed E-state index contributed by atoms with van der Waals surface area (Å²) in [6, 6.07) is 3.64. The van der Waals surface area contributed by atoms with Gasteiger partial charge in [-0.25, -0.2) is 4.98 Å². The fourth-order valence-corrected chi connectivity index (χ4v) is 1.65. The number of nitrogens with one attached hydrogen (secondary N) is 1. The SMILES string of the molecule is CC(C)C(=O)NCc1cn2cc(Cl)ccc2n1. The zero-order valence-corrected chi connectivity index (χ0v) is 10.5. The van der Waals surface area contributed by atoms with Crippen LogP contribution < -0.4 is 5.32 Å². The maximum absolute atomic E-state index is 11.4. The van der Waals surface area contributed by atoms with E-state index in [-0.39, 0.29) is 11.8 Å². The molecule has 0 aliphatic carbocycles. The molecular formula is C12H14ClN3O. The summed E-state index contributed by atoms with van der Waals surface area (Å²) >= 11 is 5.88. The molecule has 2 aromatic rings. The Kier molecular flexibility index (Phi) is 3.33. The topological polar surface area (TPSA) is 46.4 Å². The summed E-state index contributed by atoms with van der Waals surface area (Å²) in [7, 11) is 0. The Morgan fingerprint density at radius 3 is 2.94 bits per heavy atom. The summed E-state index contributed by atoms with van der Waals surface area (Å²) in [5, 5.41) is 3.49. The third-order valence-corrected chi connectivity index (χ3v) is 2.66. The highest BCUT2D eigenvalue weighted by molar-refractivity contribution is 6.30. The Balaban J connectivity index is 2.12. The van der Waals surface area contributed by atoms with Crippen LogP contribution in [0.2, 0.25) is 5.02 Å². The predicted molar refractivity (Wildman–Crippen MR) is 66.9 cm³/mol. The van der Waals surface area contributed by atoms with Crippen LogP contribution in [-0.4, -0.2) is 15.3 Å². The van der Waals surface area contributed by atoms with Gasteiger partial charge in [-0.05, 0) is 12.1 Å². The van der Waals surface area contributed by atoms with Crippen LogP contribution in [0, 0.1) is 5.92 Å². The van der Waals surface area contributed by atoms with Crippen LogP contribution in [0.3, 0.4) is 0 Å². The van der Waals surface area contributed by atoms with Crippen LogP contribution in [0.15, 0.2) is 24.5 Å². The van der Waals surface area contributed by atoms with Gasteiger partial charge in [0.25, 0.3) is 0 Å². The van der Waals surface area contributed by atoms with Crippen molar-refractivity contribution in [1.82, 2.24) is 14.7 Å². The third kappa shape index (κ3) is 2.77. The molecule has 1 amide bonds. The summed E-state index contributed by atoms with van der Waals surface area (Å²) in [4.78, 5) is 15.8. The minimum atomic E-state index is -0.0125. The van der Waals surface area contributed by atoms with Crippen LogP contribution in [-0.2, 0) is 11.3 Å². The molecule has 4 nitrogen and oxygen atoms in total. The quantitative estimate of drug-likeness (QED) is 0.910. The fourth-order valence-electron chi connectivity index (χ4n) is 1.48. The van der Waals surface area contributed by atoms with Crippen molar-refractivity contribution in [3.8, 4) is 0 Å². The van der Waals surface area contributed by atoms with E-state index in [1.807, 2.05) is 30.5 Å². The summed E-state index contributed by atoms with van der Waals surface area (Å²) < 4.78 is 1.85. The molecule has 1 N–H and O–H groups in total. The molecule has 0 aromatic carbocycles. The summed E-state index contributed by atoms with van der Waals surface area (Å²) in [5.74, 6) is 0.0153. The van der Waals surface area contributed by atoms with Crippen molar-refractivity contribution in [1.29, 1.82) is 0 Å². The Hall–Kier alpha value is -1.55. The van der Waals surface area contributed by atoms with Gasteiger partial charge in [0, 0.05) is 18.3 Å². The summed E-state index contributed by atoms with van der Waals surface area (Å²) in [6.07, 6.45) is 3.65. The van der Waals surface area contributed by atoms with Gasteiger partial charge in [-0.1, -0.05) is 25.4 Å². The second-order valence-corrected chi connectivity index (χ2v) is 4.65. The standard InChI is InChI=1S/C12H14ClN3O/c1-8(2)12(17)14-5-10-7-16-6-9(13)3-4-11(16)15-10/h3-4,6-8H,5H2,1-2H3,(H,14,17). The average Bonchev–Trinajstić information content (AvgIpc) is 2.67. The van der Waals surface area contributed by atoms with Crippen LogP contribution in [0.5, 0.6) is 0 Å². The molecule has 0 radical (unpaired) electrons. The van der Waals surface area contributed by atoms with E-state index in [4.69, 9.17) is 11.6 Å². The van der Waals surface area contributed by atoms with Crippen LogP contribution in [0.25, 0.3) is 5.65 Å². The molecular weight excluding hydrogens is 238 g/mol. The highest BCUT2D eigenvalue weighted by atomic mass is 35.5. The van der Waals surface area contributed by atoms with Crippen LogP contribution in [0.4, 0.5) is 0 Å². The number of hydrogen-bond acceptors (Lipinski definition) is 2. The van der Waals surface area contributed by atoms with E-state index in [1.165, 1.54) is 0 Å². The Labute approximate surface area is 105 Å². The molecule has 0 aliphatic heterocycles. The number of amides is 1. The van der Waals surface area contributed by atoms with Crippen molar-refractivity contribution in [2.24, 2.45) is 5.92 Å². The van der Waals surface area contributed by atoms with Gasteiger partial charge in [0.2, 0.25) is 5.91 Å². The number of carbonyl (C=O) groups excluding carboxylic acids is 1. The molecule has 2 rings (SSSR count). The Morgan fingerprint density at radius 1 is 1.47 bits per heavy atom. The molecule has 90 valence electrons. The van der Waals surface area contributed by atoms with E-state index in [0.717, 1.165) is 11.3 Å². The van der Waals surface area contributed by atoms with E-state index in [0.29, 0.717) is 11.6 Å². The summed E-state index contributed by atoms with van der Waals surface area (Å²) in [5.41, 5.74) is 1.64. The van der Waals surface area contributed by atoms with Gasteiger partial charge in [-0.2, -0.15) is 0 Å². The van der Waals surface area contributed by atoms with Crippen molar-refractivity contribution in [2.75, 3.05) is 0 Å². The van der Waals surface area contributed by atoms with Gasteiger partial charge in [0.15, 0.2) is 0 Å². The minimum Gasteiger partial charge on any atom is -0.350 e. The number of pyridine rings is 1. The molecule has 5 heteroatoms. The van der Waals surface area contributed by atoms with Crippen molar-refractivity contribution in [2.45, 2.75) is 20.4 Å². The van der Waals surface area contributed by atoms with E-state index in [2.05, 4.69) is 10.3 Å². The van der Waals surface area contributed by atoms with Gasteiger partial charge in [0.05, 0.1) is 17.3 Å². The lowest BCUT2D eigenvalue weighted by molar-refractivity contribution is -0.124. The van der Waals surface area contributed by atoms with E-state index in [9.17, 15) is 4.79 Å². The molecule has 2 aromatic heterocycles. The lowest BCUT2D eigenvalue weighted by Crippen LogP contribution is -2.27. The molecule has 0 bridgehead atoms. The fraction of sp³-hybridized carbons (Fsp3) is 0.333. The smallest absolute Gasteiger partial charge is 0.222 e. The number of hydrogen-bond donors (Lipinski definition) is 1. The second kappa shape index (κ2) is 4.75. The molecule has 0 fully saturated rings.